The minimum Gasteiger partial charge on any atom is -0.246 e. The summed E-state index contributed by atoms with van der Waals surface area (Å²) in [6.45, 7) is 0. The molecule has 0 unspecified atom stereocenters. The number of halogens is 1. The standard InChI is InChI=1S/C5H5ClN4O2S/c6-13(11,12)10-3-5-1-2-7-4-9(5)8-10/h1-4,8H. The fourth-order valence-corrected chi connectivity index (χ4v) is 1.56. The van der Waals surface area contributed by atoms with Gasteiger partial charge in [-0.2, -0.15) is 12.8 Å². The molecule has 2 aliphatic rings. The van der Waals surface area contributed by atoms with Crippen molar-refractivity contribution in [2.45, 2.75) is 0 Å². The van der Waals surface area contributed by atoms with Gasteiger partial charge in [0, 0.05) is 16.9 Å². The highest BCUT2D eigenvalue weighted by Crippen LogP contribution is 2.17. The predicted molar refractivity (Wildman–Crippen MR) is 47.3 cm³/mol. The van der Waals surface area contributed by atoms with Crippen molar-refractivity contribution in [1.29, 1.82) is 0 Å². The molecule has 0 amide bonds. The highest BCUT2D eigenvalue weighted by Gasteiger charge is 2.26. The van der Waals surface area contributed by atoms with E-state index in [0.29, 0.717) is 5.70 Å². The van der Waals surface area contributed by atoms with Gasteiger partial charge in [-0.05, 0) is 6.08 Å². The molecule has 0 fully saturated rings. The Labute approximate surface area is 79.3 Å². The van der Waals surface area contributed by atoms with Crippen LogP contribution in [0, 0.1) is 0 Å². The van der Waals surface area contributed by atoms with E-state index in [1.54, 1.807) is 12.3 Å². The first-order chi connectivity index (χ1) is 6.07. The maximum atomic E-state index is 10.9. The van der Waals surface area contributed by atoms with Crippen molar-refractivity contribution in [3.8, 4) is 0 Å². The minimum atomic E-state index is -3.78. The van der Waals surface area contributed by atoms with Gasteiger partial charge in [0.25, 0.3) is 0 Å². The average Bonchev–Trinajstić information content (AvgIpc) is 2.45. The molecule has 0 atom stereocenters. The van der Waals surface area contributed by atoms with Gasteiger partial charge < -0.3 is 0 Å². The predicted octanol–water partition coefficient (Wildman–Crippen LogP) is -0.0958. The molecule has 0 saturated carbocycles. The lowest BCUT2D eigenvalue weighted by Gasteiger charge is -2.18. The van der Waals surface area contributed by atoms with Crippen LogP contribution in [0.25, 0.3) is 0 Å². The van der Waals surface area contributed by atoms with E-state index >= 15 is 0 Å². The molecular formula is C5H5ClN4O2S. The second-order valence-corrected chi connectivity index (χ2v) is 4.73. The normalized spacial score (nSPS) is 20.5. The summed E-state index contributed by atoms with van der Waals surface area (Å²) in [5.74, 6) is 0. The average molecular weight is 221 g/mol. The Hall–Kier alpha value is -1.05. The van der Waals surface area contributed by atoms with Gasteiger partial charge in [-0.1, -0.05) is 0 Å². The molecule has 0 spiro atoms. The van der Waals surface area contributed by atoms with E-state index in [1.807, 2.05) is 0 Å². The number of nitrogens with one attached hydrogen (secondary N) is 1. The topological polar surface area (TPSA) is 65.0 Å². The lowest BCUT2D eigenvalue weighted by atomic mass is 10.4. The molecular weight excluding hydrogens is 216 g/mol. The molecule has 0 aliphatic carbocycles. The number of nitrogens with zero attached hydrogens (tertiary/aromatic N) is 3. The van der Waals surface area contributed by atoms with Crippen LogP contribution >= 0.6 is 10.7 Å². The smallest absolute Gasteiger partial charge is 0.246 e. The highest BCUT2D eigenvalue weighted by molar-refractivity contribution is 8.11. The first kappa shape index (κ1) is 8.54. The van der Waals surface area contributed by atoms with Gasteiger partial charge in [-0.25, -0.2) is 10.0 Å². The summed E-state index contributed by atoms with van der Waals surface area (Å²) in [7, 11) is 1.32. The zero-order valence-corrected chi connectivity index (χ0v) is 7.83. The molecule has 70 valence electrons. The molecule has 2 heterocycles. The molecule has 2 aliphatic heterocycles. The summed E-state index contributed by atoms with van der Waals surface area (Å²) in [4.78, 5) is 3.79. The molecule has 0 aromatic rings. The fraction of sp³-hybridized carbons (Fsp3) is 0. The second kappa shape index (κ2) is 2.72. The van der Waals surface area contributed by atoms with Crippen LogP contribution in [0.3, 0.4) is 0 Å². The molecule has 0 aromatic heterocycles. The zero-order valence-electron chi connectivity index (χ0n) is 6.25. The van der Waals surface area contributed by atoms with Crippen LogP contribution in [0.15, 0.2) is 29.2 Å². The van der Waals surface area contributed by atoms with Gasteiger partial charge in [0.15, 0.2) is 0 Å². The van der Waals surface area contributed by atoms with E-state index in [1.165, 1.54) is 17.5 Å². The lowest BCUT2D eigenvalue weighted by Crippen LogP contribution is -2.41. The highest BCUT2D eigenvalue weighted by atomic mass is 35.7. The number of rotatable bonds is 1. The monoisotopic (exact) mass is 220 g/mol. The van der Waals surface area contributed by atoms with Crippen LogP contribution < -0.4 is 5.53 Å². The SMILES string of the molecule is O=S(=O)(Cl)N1C=C2C=CN=CN2N1. The van der Waals surface area contributed by atoms with Gasteiger partial charge in [0.2, 0.25) is 0 Å². The van der Waals surface area contributed by atoms with Gasteiger partial charge in [-0.3, -0.25) is 0 Å². The molecule has 13 heavy (non-hydrogen) atoms. The number of fused-ring (bicyclic) bond motifs is 1. The summed E-state index contributed by atoms with van der Waals surface area (Å²) >= 11 is 0. The first-order valence-corrected chi connectivity index (χ1v) is 5.55. The van der Waals surface area contributed by atoms with E-state index in [-0.39, 0.29) is 0 Å². The molecule has 0 bridgehead atoms. The number of allylic oxidation sites excluding steroid dienone is 1. The number of aliphatic imine (C=N–C) groups is 1. The van der Waals surface area contributed by atoms with E-state index < -0.39 is 9.24 Å². The lowest BCUT2D eigenvalue weighted by molar-refractivity contribution is 0.292. The van der Waals surface area contributed by atoms with E-state index in [2.05, 4.69) is 10.5 Å². The van der Waals surface area contributed by atoms with E-state index in [9.17, 15) is 8.42 Å². The largest absolute Gasteiger partial charge is 0.336 e. The molecule has 1 N–H and O–H groups in total. The Morgan fingerprint density at radius 1 is 1.54 bits per heavy atom. The second-order valence-electron chi connectivity index (χ2n) is 2.34. The third kappa shape index (κ3) is 1.53. The third-order valence-electron chi connectivity index (χ3n) is 1.48. The van der Waals surface area contributed by atoms with Crippen molar-refractivity contribution in [2.75, 3.05) is 0 Å². The van der Waals surface area contributed by atoms with Crippen LogP contribution in [0.4, 0.5) is 0 Å². The zero-order chi connectivity index (χ0) is 9.47. The van der Waals surface area contributed by atoms with Crippen molar-refractivity contribution in [1.82, 2.24) is 15.0 Å². The van der Waals surface area contributed by atoms with Crippen molar-refractivity contribution in [3.63, 3.8) is 0 Å². The maximum Gasteiger partial charge on any atom is 0.336 e. The van der Waals surface area contributed by atoms with Gasteiger partial charge in [-0.15, -0.1) is 5.53 Å². The molecule has 8 heteroatoms. The fourth-order valence-electron chi connectivity index (χ4n) is 0.927. The van der Waals surface area contributed by atoms with Crippen LogP contribution in [0.1, 0.15) is 0 Å². The van der Waals surface area contributed by atoms with Crippen molar-refractivity contribution >= 4 is 26.3 Å². The minimum absolute atomic E-state index is 0.652. The van der Waals surface area contributed by atoms with Crippen LogP contribution in [-0.2, 0) is 9.24 Å². The summed E-state index contributed by atoms with van der Waals surface area (Å²) in [6, 6.07) is 0. The molecule has 0 aromatic carbocycles. The third-order valence-corrected chi connectivity index (χ3v) is 2.59. The Bertz CT molecular complexity index is 412. The van der Waals surface area contributed by atoms with Crippen molar-refractivity contribution < 1.29 is 8.42 Å². The summed E-state index contributed by atoms with van der Waals surface area (Å²) in [6.07, 6.45) is 5.99. The molecule has 2 rings (SSSR count). The Kier molecular flexibility index (Phi) is 1.79. The Morgan fingerprint density at radius 2 is 2.31 bits per heavy atom. The van der Waals surface area contributed by atoms with E-state index in [0.717, 1.165) is 4.41 Å². The van der Waals surface area contributed by atoms with Gasteiger partial charge >= 0.3 is 9.24 Å². The molecule has 0 radical (unpaired) electrons. The maximum absolute atomic E-state index is 10.9. The number of hydrazine groups is 2. The van der Waals surface area contributed by atoms with Crippen molar-refractivity contribution in [3.05, 3.63) is 24.2 Å². The van der Waals surface area contributed by atoms with Gasteiger partial charge in [0.1, 0.15) is 6.34 Å². The number of hydrogen-bond donors (Lipinski definition) is 1. The van der Waals surface area contributed by atoms with Gasteiger partial charge in [0.05, 0.1) is 11.9 Å². The Morgan fingerprint density at radius 3 is 2.92 bits per heavy atom. The molecule has 6 nitrogen and oxygen atoms in total. The quantitative estimate of drug-likeness (QED) is 0.627. The van der Waals surface area contributed by atoms with Crippen LogP contribution in [-0.4, -0.2) is 24.2 Å². The Balaban J connectivity index is 2.31. The summed E-state index contributed by atoms with van der Waals surface area (Å²) < 4.78 is 22.5. The van der Waals surface area contributed by atoms with E-state index in [4.69, 9.17) is 10.7 Å². The molecule has 0 saturated heterocycles. The van der Waals surface area contributed by atoms with Crippen LogP contribution in [0.2, 0.25) is 0 Å². The number of hydrogen-bond acceptors (Lipinski definition) is 5. The van der Waals surface area contributed by atoms with Crippen molar-refractivity contribution in [2.24, 2.45) is 4.99 Å². The first-order valence-electron chi connectivity index (χ1n) is 3.28. The van der Waals surface area contributed by atoms with Crippen LogP contribution in [0.5, 0.6) is 0 Å². The summed E-state index contributed by atoms with van der Waals surface area (Å²) in [5, 5.41) is 1.43. The summed E-state index contributed by atoms with van der Waals surface area (Å²) in [5.41, 5.74) is 3.14.